The summed E-state index contributed by atoms with van der Waals surface area (Å²) in [4.78, 5) is 28.0. The van der Waals surface area contributed by atoms with Gasteiger partial charge in [0.2, 0.25) is 0 Å². The second-order valence-electron chi connectivity index (χ2n) is 8.81. The Bertz CT molecular complexity index is 1240. The number of hydrogen-bond acceptors (Lipinski definition) is 4. The van der Waals surface area contributed by atoms with Crippen molar-refractivity contribution in [2.45, 2.75) is 45.6 Å². The minimum Gasteiger partial charge on any atom is -0.486 e. The number of nitrogens with zero attached hydrogens (tertiary/aromatic N) is 2. The molecular weight excluding hydrogens is 414 g/mol. The zero-order chi connectivity index (χ0) is 21.9. The minimum absolute atomic E-state index is 0.00190. The van der Waals surface area contributed by atoms with Crippen LogP contribution >= 0.6 is 11.6 Å². The predicted octanol–water partition coefficient (Wildman–Crippen LogP) is 4.78. The number of carbonyl (C=O) groups is 2. The Morgan fingerprint density at radius 1 is 1.16 bits per heavy atom. The first-order valence-corrected chi connectivity index (χ1v) is 10.9. The molecule has 2 aliphatic rings. The largest absolute Gasteiger partial charge is 0.486 e. The van der Waals surface area contributed by atoms with Crippen LogP contribution in [0.3, 0.4) is 0 Å². The number of ether oxygens (including phenoxy) is 1. The summed E-state index contributed by atoms with van der Waals surface area (Å²) in [7, 11) is 0. The van der Waals surface area contributed by atoms with E-state index >= 15 is 0 Å². The molecule has 0 saturated carbocycles. The van der Waals surface area contributed by atoms with Crippen LogP contribution in [-0.4, -0.2) is 45.5 Å². The zero-order valence-corrected chi connectivity index (χ0v) is 18.6. The number of ketones is 1. The van der Waals surface area contributed by atoms with E-state index in [0.29, 0.717) is 54.3 Å². The summed E-state index contributed by atoms with van der Waals surface area (Å²) in [5, 5.41) is 8.58. The van der Waals surface area contributed by atoms with Gasteiger partial charge in [0.25, 0.3) is 5.91 Å². The Morgan fingerprint density at radius 2 is 1.90 bits per heavy atom. The Hall–Kier alpha value is -2.86. The number of amides is 1. The molecule has 0 bridgehead atoms. The third kappa shape index (κ3) is 3.21. The molecule has 5 rings (SSSR count). The van der Waals surface area contributed by atoms with Gasteiger partial charge in [0.05, 0.1) is 23.7 Å². The molecule has 1 aromatic heterocycles. The van der Waals surface area contributed by atoms with Gasteiger partial charge < -0.3 is 9.64 Å². The lowest BCUT2D eigenvalue weighted by atomic mass is 9.81. The smallest absolute Gasteiger partial charge is 0.253 e. The fraction of sp³-hybridized carbons (Fsp3) is 0.375. The van der Waals surface area contributed by atoms with Crippen molar-refractivity contribution in [1.29, 1.82) is 0 Å². The molecule has 0 radical (unpaired) electrons. The molecule has 1 spiro atoms. The quantitative estimate of drug-likeness (QED) is 0.594. The molecule has 0 aliphatic carbocycles. The molecular formula is C24H24ClN3O3. The van der Waals surface area contributed by atoms with E-state index < -0.39 is 5.60 Å². The van der Waals surface area contributed by atoms with Crippen molar-refractivity contribution in [3.05, 3.63) is 57.2 Å². The van der Waals surface area contributed by atoms with Gasteiger partial charge in [-0.2, -0.15) is 5.10 Å². The highest BCUT2D eigenvalue weighted by molar-refractivity contribution is 6.32. The van der Waals surface area contributed by atoms with Gasteiger partial charge in [-0.1, -0.05) is 11.6 Å². The number of likely N-dealkylation sites (tertiary alicyclic amines) is 1. The lowest BCUT2D eigenvalue weighted by Crippen LogP contribution is -2.52. The molecule has 0 atom stereocenters. The van der Waals surface area contributed by atoms with Gasteiger partial charge in [0.15, 0.2) is 5.78 Å². The molecule has 31 heavy (non-hydrogen) atoms. The van der Waals surface area contributed by atoms with Crippen molar-refractivity contribution in [2.24, 2.45) is 0 Å². The highest BCUT2D eigenvalue weighted by atomic mass is 35.5. The highest BCUT2D eigenvalue weighted by Crippen LogP contribution is 2.43. The first-order chi connectivity index (χ1) is 14.8. The standard InChI is InChI=1S/C24H24ClN3O3/c1-13-9-19-20(15(3)21(13)25)18(29)11-24(31-19)4-6-28(7-5-24)23(30)16-8-14(2)22-17(10-16)12-26-27-22/h8-10,12H,4-7,11H2,1-3H3,(H,26,27). The molecule has 6 nitrogen and oxygen atoms in total. The number of nitrogens with one attached hydrogen (secondary N) is 1. The molecule has 1 N–H and O–H groups in total. The fourth-order valence-electron chi connectivity index (χ4n) is 4.94. The van der Waals surface area contributed by atoms with Gasteiger partial charge in [-0.25, -0.2) is 0 Å². The van der Waals surface area contributed by atoms with Crippen molar-refractivity contribution in [3.8, 4) is 5.75 Å². The average molecular weight is 438 g/mol. The van der Waals surface area contributed by atoms with Gasteiger partial charge in [-0.15, -0.1) is 0 Å². The summed E-state index contributed by atoms with van der Waals surface area (Å²) in [6, 6.07) is 5.65. The number of H-pyrrole nitrogens is 1. The van der Waals surface area contributed by atoms with E-state index in [1.54, 1.807) is 6.20 Å². The van der Waals surface area contributed by atoms with Gasteiger partial charge >= 0.3 is 0 Å². The first kappa shape index (κ1) is 20.1. The predicted molar refractivity (Wildman–Crippen MR) is 119 cm³/mol. The number of rotatable bonds is 1. The number of fused-ring (bicyclic) bond motifs is 2. The zero-order valence-electron chi connectivity index (χ0n) is 17.8. The third-order valence-electron chi connectivity index (χ3n) is 6.69. The van der Waals surface area contributed by atoms with Gasteiger partial charge in [-0.05, 0) is 55.7 Å². The molecule has 2 aliphatic heterocycles. The maximum absolute atomic E-state index is 13.2. The van der Waals surface area contributed by atoms with E-state index in [9.17, 15) is 9.59 Å². The lowest BCUT2D eigenvalue weighted by molar-refractivity contribution is -0.00580. The lowest BCUT2D eigenvalue weighted by Gasteiger charge is -2.44. The molecule has 1 amide bonds. The number of piperidine rings is 1. The van der Waals surface area contributed by atoms with E-state index in [1.165, 1.54) is 0 Å². The van der Waals surface area contributed by atoms with E-state index in [-0.39, 0.29) is 11.7 Å². The molecule has 3 heterocycles. The van der Waals surface area contributed by atoms with Gasteiger partial charge in [-0.3, -0.25) is 14.7 Å². The Kier molecular flexibility index (Phi) is 4.59. The summed E-state index contributed by atoms with van der Waals surface area (Å²) < 4.78 is 6.42. The van der Waals surface area contributed by atoms with Crippen LogP contribution in [-0.2, 0) is 0 Å². The summed E-state index contributed by atoms with van der Waals surface area (Å²) >= 11 is 6.35. The normalized spacial score (nSPS) is 17.7. The minimum atomic E-state index is -0.558. The first-order valence-electron chi connectivity index (χ1n) is 10.5. The van der Waals surface area contributed by atoms with Crippen molar-refractivity contribution >= 4 is 34.2 Å². The average Bonchev–Trinajstić information content (AvgIpc) is 3.21. The van der Waals surface area contributed by atoms with Gasteiger partial charge in [0, 0.05) is 41.9 Å². The summed E-state index contributed by atoms with van der Waals surface area (Å²) in [6.07, 6.45) is 3.30. The molecule has 0 unspecified atom stereocenters. The van der Waals surface area contributed by atoms with Crippen molar-refractivity contribution in [2.75, 3.05) is 13.1 Å². The third-order valence-corrected chi connectivity index (χ3v) is 7.27. The van der Waals surface area contributed by atoms with Crippen LogP contribution in [0.25, 0.3) is 10.9 Å². The van der Waals surface area contributed by atoms with E-state index in [4.69, 9.17) is 16.3 Å². The van der Waals surface area contributed by atoms with Crippen LogP contribution in [0.1, 0.15) is 56.7 Å². The van der Waals surface area contributed by atoms with E-state index in [1.807, 2.05) is 43.9 Å². The second-order valence-corrected chi connectivity index (χ2v) is 9.19. The summed E-state index contributed by atoms with van der Waals surface area (Å²) in [6.45, 7) is 6.86. The van der Waals surface area contributed by atoms with Crippen molar-refractivity contribution in [1.82, 2.24) is 15.1 Å². The number of carbonyl (C=O) groups excluding carboxylic acids is 2. The number of halogens is 1. The maximum atomic E-state index is 13.2. The van der Waals surface area contributed by atoms with Gasteiger partial charge in [0.1, 0.15) is 11.4 Å². The van der Waals surface area contributed by atoms with Crippen LogP contribution in [0.5, 0.6) is 5.75 Å². The van der Waals surface area contributed by atoms with Crippen LogP contribution in [0.4, 0.5) is 0 Å². The maximum Gasteiger partial charge on any atom is 0.253 e. The molecule has 7 heteroatoms. The van der Waals surface area contributed by atoms with Crippen molar-refractivity contribution < 1.29 is 14.3 Å². The number of aryl methyl sites for hydroxylation is 2. The van der Waals surface area contributed by atoms with Crippen LogP contribution < -0.4 is 4.74 Å². The highest BCUT2D eigenvalue weighted by Gasteiger charge is 2.44. The Labute approximate surface area is 185 Å². The van der Waals surface area contributed by atoms with Crippen LogP contribution in [0.2, 0.25) is 5.02 Å². The van der Waals surface area contributed by atoms with E-state index in [0.717, 1.165) is 27.6 Å². The number of Topliss-reactive ketones (excluding diaryl/α,β-unsaturated/α-hetero) is 1. The number of aromatic amines is 1. The molecule has 2 aromatic carbocycles. The second kappa shape index (κ2) is 7.09. The van der Waals surface area contributed by atoms with E-state index in [2.05, 4.69) is 10.2 Å². The van der Waals surface area contributed by atoms with Crippen molar-refractivity contribution in [3.63, 3.8) is 0 Å². The monoisotopic (exact) mass is 437 g/mol. The fourth-order valence-corrected chi connectivity index (χ4v) is 5.09. The molecule has 3 aromatic rings. The van der Waals surface area contributed by atoms with Crippen LogP contribution in [0, 0.1) is 20.8 Å². The van der Waals surface area contributed by atoms with Crippen LogP contribution in [0.15, 0.2) is 24.4 Å². The molecule has 160 valence electrons. The summed E-state index contributed by atoms with van der Waals surface area (Å²) in [5.41, 5.74) is 4.34. The number of hydrogen-bond donors (Lipinski definition) is 1. The molecule has 1 fully saturated rings. The number of aromatic nitrogens is 2. The topological polar surface area (TPSA) is 75.3 Å². The molecule has 1 saturated heterocycles. The Morgan fingerprint density at radius 3 is 2.65 bits per heavy atom. The SMILES string of the molecule is Cc1cc2c(c(C)c1Cl)C(=O)CC1(CCN(C(=O)c3cc(C)c4[nH]ncc4c3)CC1)O2. The number of benzene rings is 2. The Balaban J connectivity index is 1.36. The summed E-state index contributed by atoms with van der Waals surface area (Å²) in [5.74, 6) is 0.694.